The second kappa shape index (κ2) is 17.2. The van der Waals surface area contributed by atoms with Gasteiger partial charge in [0.2, 0.25) is 0 Å². The Bertz CT molecular complexity index is 3730. The molecule has 4 heterocycles. The third kappa shape index (κ3) is 7.19. The number of rotatable bonds is 10. The van der Waals surface area contributed by atoms with Crippen molar-refractivity contribution in [1.29, 1.82) is 0 Å². The highest BCUT2D eigenvalue weighted by atomic mass is 15.2. The van der Waals surface area contributed by atoms with E-state index >= 15 is 0 Å². The number of nitrogens with zero attached hydrogens (tertiary/aromatic N) is 8. The van der Waals surface area contributed by atoms with Crippen LogP contribution in [0.1, 0.15) is 0 Å². The Hall–Kier alpha value is -9.66. The van der Waals surface area contributed by atoms with Gasteiger partial charge in [0.1, 0.15) is 23.3 Å². The molecular formula is C62H42N8. The minimum absolute atomic E-state index is 0.816. The van der Waals surface area contributed by atoms with Crippen LogP contribution in [0.5, 0.6) is 0 Å². The van der Waals surface area contributed by atoms with E-state index in [1.807, 2.05) is 60.9 Å². The Morgan fingerprint density at radius 2 is 0.686 bits per heavy atom. The van der Waals surface area contributed by atoms with Gasteiger partial charge < -0.3 is 0 Å². The lowest BCUT2D eigenvalue weighted by Crippen LogP contribution is -2.12. The molecule has 330 valence electrons. The fourth-order valence-electron chi connectivity index (χ4n) is 9.77. The predicted molar refractivity (Wildman–Crippen MR) is 287 cm³/mol. The van der Waals surface area contributed by atoms with E-state index in [4.69, 9.17) is 19.9 Å². The zero-order valence-electron chi connectivity index (χ0n) is 37.8. The van der Waals surface area contributed by atoms with Gasteiger partial charge in [-0.1, -0.05) is 133 Å². The van der Waals surface area contributed by atoms with Crippen LogP contribution in [0.4, 0.5) is 34.4 Å². The fraction of sp³-hybridized carbons (Fsp3) is 0. The summed E-state index contributed by atoms with van der Waals surface area (Å²) in [6, 6.07) is 84.6. The van der Waals surface area contributed by atoms with E-state index in [1.165, 1.54) is 0 Å². The first-order valence-electron chi connectivity index (χ1n) is 23.4. The van der Waals surface area contributed by atoms with Crippen LogP contribution in [0.2, 0.25) is 0 Å². The van der Waals surface area contributed by atoms with Crippen LogP contribution in [-0.4, -0.2) is 29.1 Å². The van der Waals surface area contributed by atoms with Crippen molar-refractivity contribution in [2.24, 2.45) is 0 Å². The second-order valence-electron chi connectivity index (χ2n) is 17.2. The van der Waals surface area contributed by atoms with Crippen molar-refractivity contribution in [2.75, 3.05) is 9.80 Å². The van der Waals surface area contributed by atoms with Crippen molar-refractivity contribution in [3.8, 4) is 34.2 Å². The predicted octanol–water partition coefficient (Wildman–Crippen LogP) is 15.7. The quantitative estimate of drug-likeness (QED) is 0.127. The number of imidazole rings is 2. The zero-order chi connectivity index (χ0) is 46.4. The largest absolute Gasteiger partial charge is 0.295 e. The summed E-state index contributed by atoms with van der Waals surface area (Å²) in [4.78, 5) is 24.6. The highest BCUT2D eigenvalue weighted by molar-refractivity contribution is 6.10. The van der Waals surface area contributed by atoms with Gasteiger partial charge in [0.15, 0.2) is 0 Å². The first-order valence-corrected chi connectivity index (χ1v) is 23.4. The lowest BCUT2D eigenvalue weighted by molar-refractivity contribution is 1.10. The number of benzene rings is 9. The van der Waals surface area contributed by atoms with Crippen molar-refractivity contribution in [3.63, 3.8) is 0 Å². The molecule has 0 N–H and O–H groups in total. The van der Waals surface area contributed by atoms with Crippen LogP contribution in [0, 0.1) is 0 Å². The first kappa shape index (κ1) is 40.6. The molecule has 8 nitrogen and oxygen atoms in total. The number of pyridine rings is 2. The lowest BCUT2D eigenvalue weighted by atomic mass is 10.00. The molecule has 0 saturated heterocycles. The number of aromatic nitrogens is 6. The van der Waals surface area contributed by atoms with E-state index in [-0.39, 0.29) is 0 Å². The number of hydrogen-bond donors (Lipinski definition) is 0. The Balaban J connectivity index is 0.915. The topological polar surface area (TPSA) is 67.9 Å². The molecule has 0 saturated carbocycles. The molecule has 9 aromatic carbocycles. The average Bonchev–Trinajstić information content (AvgIpc) is 4.01. The monoisotopic (exact) mass is 898 g/mol. The van der Waals surface area contributed by atoms with Gasteiger partial charge >= 0.3 is 0 Å². The van der Waals surface area contributed by atoms with Crippen LogP contribution in [-0.2, 0) is 0 Å². The lowest BCUT2D eigenvalue weighted by Gasteiger charge is -2.25. The van der Waals surface area contributed by atoms with Crippen molar-refractivity contribution in [2.45, 2.75) is 0 Å². The second-order valence-corrected chi connectivity index (χ2v) is 17.2. The molecule has 0 atom stereocenters. The van der Waals surface area contributed by atoms with Gasteiger partial charge in [0, 0.05) is 57.6 Å². The third-order valence-electron chi connectivity index (χ3n) is 13.0. The maximum atomic E-state index is 5.18. The van der Waals surface area contributed by atoms with Gasteiger partial charge in [-0.05, 0) is 131 Å². The van der Waals surface area contributed by atoms with Crippen LogP contribution in [0.15, 0.2) is 255 Å². The molecule has 0 aliphatic rings. The SMILES string of the molecule is c1ccc(-c2nc3ccc(N(c4ccc5c(ccc6cc(N(c7ccc8nc(-c9ccccc9)n(-c9ccccc9)c8c7)c7ccccn7)ccc65)c4)c4ccccn4)cc3n2-c2ccccc2)cc1. The normalized spacial score (nSPS) is 11.4. The summed E-state index contributed by atoms with van der Waals surface area (Å²) >= 11 is 0. The summed E-state index contributed by atoms with van der Waals surface area (Å²) in [6.07, 6.45) is 3.70. The van der Waals surface area contributed by atoms with E-state index in [2.05, 4.69) is 213 Å². The van der Waals surface area contributed by atoms with E-state index in [9.17, 15) is 0 Å². The zero-order valence-corrected chi connectivity index (χ0v) is 37.8. The Labute approximate surface area is 404 Å². The Morgan fingerprint density at radius 3 is 1.09 bits per heavy atom. The molecule has 0 fully saturated rings. The summed E-state index contributed by atoms with van der Waals surface area (Å²) in [7, 11) is 0. The summed E-state index contributed by atoms with van der Waals surface area (Å²) in [5, 5.41) is 4.56. The average molecular weight is 899 g/mol. The van der Waals surface area contributed by atoms with Crippen molar-refractivity contribution >= 4 is 78.0 Å². The smallest absolute Gasteiger partial charge is 0.145 e. The number of hydrogen-bond acceptors (Lipinski definition) is 6. The van der Waals surface area contributed by atoms with Crippen LogP contribution in [0.25, 0.3) is 77.8 Å². The minimum atomic E-state index is 0.816. The van der Waals surface area contributed by atoms with Gasteiger partial charge in [-0.25, -0.2) is 19.9 Å². The summed E-state index contributed by atoms with van der Waals surface area (Å²) in [5.41, 5.74) is 12.0. The fourth-order valence-corrected chi connectivity index (χ4v) is 9.77. The van der Waals surface area contributed by atoms with E-state index in [1.54, 1.807) is 0 Å². The molecule has 0 unspecified atom stereocenters. The maximum absolute atomic E-state index is 5.18. The van der Waals surface area contributed by atoms with Gasteiger partial charge in [-0.15, -0.1) is 0 Å². The highest BCUT2D eigenvalue weighted by Crippen LogP contribution is 2.42. The molecule has 70 heavy (non-hydrogen) atoms. The Kier molecular flexibility index (Phi) is 9.98. The molecule has 0 spiro atoms. The van der Waals surface area contributed by atoms with Crippen molar-refractivity contribution in [3.05, 3.63) is 255 Å². The molecule has 0 amide bonds. The van der Waals surface area contributed by atoms with Crippen LogP contribution >= 0.6 is 0 Å². The summed E-state index contributed by atoms with van der Waals surface area (Å²) < 4.78 is 4.50. The van der Waals surface area contributed by atoms with Gasteiger partial charge in [-0.2, -0.15) is 0 Å². The highest BCUT2D eigenvalue weighted by Gasteiger charge is 2.22. The standard InChI is InChI=1S/C62H42N8/c1-5-17-43(18-6-1)61-65-55-35-31-51(41-57(55)69(61)47-21-9-3-10-22-47)67(59-25-13-15-37-63-59)49-29-33-53-45(39-49)27-28-46-40-50(30-34-54(46)53)68(60-26-14-16-38-64-60)52-32-36-56-58(42-52)70(48-23-11-4-12-24-48)62(66-56)44-19-7-2-8-20-44/h1-42H. The maximum Gasteiger partial charge on any atom is 0.145 e. The van der Waals surface area contributed by atoms with E-state index in [0.717, 1.165) is 112 Å². The number of fused-ring (bicyclic) bond motifs is 5. The minimum Gasteiger partial charge on any atom is -0.295 e. The van der Waals surface area contributed by atoms with Gasteiger partial charge in [-0.3, -0.25) is 18.9 Å². The molecular weight excluding hydrogens is 857 g/mol. The summed E-state index contributed by atoms with van der Waals surface area (Å²) in [5.74, 6) is 3.41. The third-order valence-corrected chi connectivity index (χ3v) is 13.0. The van der Waals surface area contributed by atoms with Crippen molar-refractivity contribution < 1.29 is 0 Å². The van der Waals surface area contributed by atoms with E-state index in [0.29, 0.717) is 0 Å². The molecule has 4 aromatic heterocycles. The van der Waals surface area contributed by atoms with Gasteiger partial charge in [0.25, 0.3) is 0 Å². The first-order chi connectivity index (χ1) is 34.7. The molecule has 8 heteroatoms. The molecule has 0 bridgehead atoms. The molecule has 0 aliphatic heterocycles. The number of anilines is 6. The van der Waals surface area contributed by atoms with Gasteiger partial charge in [0.05, 0.1) is 22.1 Å². The number of para-hydroxylation sites is 2. The van der Waals surface area contributed by atoms with Crippen LogP contribution < -0.4 is 9.80 Å². The van der Waals surface area contributed by atoms with Crippen LogP contribution in [0.3, 0.4) is 0 Å². The Morgan fingerprint density at radius 1 is 0.314 bits per heavy atom. The summed E-state index contributed by atoms with van der Waals surface area (Å²) in [6.45, 7) is 0. The van der Waals surface area contributed by atoms with Crippen molar-refractivity contribution in [1.82, 2.24) is 29.1 Å². The van der Waals surface area contributed by atoms with E-state index < -0.39 is 0 Å². The molecule has 0 radical (unpaired) electrons. The molecule has 13 aromatic rings. The molecule has 0 aliphatic carbocycles. The molecule has 13 rings (SSSR count).